The molecular formula is C16H17F3N4. The second-order valence-corrected chi connectivity index (χ2v) is 6.00. The molecular weight excluding hydrogens is 305 g/mol. The Balaban J connectivity index is 2.09. The van der Waals surface area contributed by atoms with Crippen LogP contribution >= 0.6 is 0 Å². The summed E-state index contributed by atoms with van der Waals surface area (Å²) in [7, 11) is 1.77. The molecule has 0 amide bonds. The molecule has 0 radical (unpaired) electrons. The van der Waals surface area contributed by atoms with E-state index in [0.29, 0.717) is 17.3 Å². The average Bonchev–Trinajstić information content (AvgIpc) is 2.82. The third kappa shape index (κ3) is 2.44. The molecule has 0 N–H and O–H groups in total. The summed E-state index contributed by atoms with van der Waals surface area (Å²) in [5.74, 6) is 1.11. The summed E-state index contributed by atoms with van der Waals surface area (Å²) in [6.45, 7) is 3.15. The maximum Gasteiger partial charge on any atom is 0.399 e. The molecule has 4 nitrogen and oxygen atoms in total. The summed E-state index contributed by atoms with van der Waals surface area (Å²) in [5, 5.41) is 0. The van der Waals surface area contributed by atoms with Crippen molar-refractivity contribution in [3.8, 4) is 11.4 Å². The molecule has 3 heterocycles. The number of alkyl halides is 3. The van der Waals surface area contributed by atoms with E-state index in [1.165, 1.54) is 0 Å². The van der Waals surface area contributed by atoms with Crippen LogP contribution in [0, 0.1) is 5.41 Å². The summed E-state index contributed by atoms with van der Waals surface area (Å²) in [4.78, 5) is 12.6. The predicted molar refractivity (Wildman–Crippen MR) is 81.8 cm³/mol. The van der Waals surface area contributed by atoms with Crippen molar-refractivity contribution in [2.24, 2.45) is 17.5 Å². The maximum atomic E-state index is 13.2. The highest BCUT2D eigenvalue weighted by Gasteiger charge is 2.52. The molecule has 0 aliphatic carbocycles. The molecule has 2 aromatic rings. The van der Waals surface area contributed by atoms with Crippen molar-refractivity contribution in [3.05, 3.63) is 29.7 Å². The number of aromatic nitrogens is 3. The normalized spacial score (nSPS) is 20.6. The van der Waals surface area contributed by atoms with Crippen LogP contribution in [-0.2, 0) is 19.9 Å². The highest BCUT2D eigenvalue weighted by Crippen LogP contribution is 2.44. The smallest absolute Gasteiger partial charge is 0.312 e. The monoisotopic (exact) mass is 322 g/mol. The number of imidazole rings is 1. The van der Waals surface area contributed by atoms with Gasteiger partial charge in [-0.25, -0.2) is 9.98 Å². The number of aryl methyl sites for hydroxylation is 1. The second-order valence-electron chi connectivity index (χ2n) is 6.00. The first-order valence-electron chi connectivity index (χ1n) is 7.37. The van der Waals surface area contributed by atoms with Gasteiger partial charge in [-0.1, -0.05) is 6.92 Å². The van der Waals surface area contributed by atoms with Crippen molar-refractivity contribution in [1.29, 1.82) is 0 Å². The van der Waals surface area contributed by atoms with Crippen molar-refractivity contribution in [2.75, 3.05) is 0 Å². The van der Waals surface area contributed by atoms with Crippen LogP contribution < -0.4 is 0 Å². The van der Waals surface area contributed by atoms with E-state index in [2.05, 4.69) is 15.0 Å². The van der Waals surface area contributed by atoms with E-state index in [1.807, 2.05) is 13.0 Å². The summed E-state index contributed by atoms with van der Waals surface area (Å²) in [6.07, 6.45) is 0.627. The zero-order chi connectivity index (χ0) is 16.8. The lowest BCUT2D eigenvalue weighted by Gasteiger charge is -2.29. The Hall–Kier alpha value is -2.18. The Morgan fingerprint density at radius 3 is 2.74 bits per heavy atom. The van der Waals surface area contributed by atoms with E-state index in [9.17, 15) is 13.2 Å². The van der Waals surface area contributed by atoms with E-state index in [1.54, 1.807) is 24.0 Å². The topological polar surface area (TPSA) is 43.1 Å². The highest BCUT2D eigenvalue weighted by atomic mass is 19.4. The summed E-state index contributed by atoms with van der Waals surface area (Å²) in [6, 6.07) is 1.83. The molecule has 1 unspecified atom stereocenters. The van der Waals surface area contributed by atoms with Crippen molar-refractivity contribution in [3.63, 3.8) is 0 Å². The van der Waals surface area contributed by atoms with E-state index in [4.69, 9.17) is 0 Å². The minimum atomic E-state index is -4.35. The molecule has 7 heteroatoms. The summed E-state index contributed by atoms with van der Waals surface area (Å²) < 4.78 is 41.4. The Kier molecular flexibility index (Phi) is 3.54. The molecule has 1 atom stereocenters. The van der Waals surface area contributed by atoms with Gasteiger partial charge in [-0.2, -0.15) is 13.2 Å². The van der Waals surface area contributed by atoms with Gasteiger partial charge in [0.1, 0.15) is 11.2 Å². The van der Waals surface area contributed by atoms with E-state index in [0.717, 1.165) is 30.7 Å². The van der Waals surface area contributed by atoms with E-state index in [-0.39, 0.29) is 6.42 Å². The largest absolute Gasteiger partial charge is 0.399 e. The first-order chi connectivity index (χ1) is 10.8. The molecule has 0 spiro atoms. The lowest BCUT2D eigenvalue weighted by molar-refractivity contribution is -0.190. The fraction of sp³-hybridized carbons (Fsp3) is 0.438. The predicted octanol–water partition coefficient (Wildman–Crippen LogP) is 3.87. The number of rotatable bonds is 2. The van der Waals surface area contributed by atoms with Gasteiger partial charge in [0.05, 0.1) is 5.69 Å². The van der Waals surface area contributed by atoms with Crippen LogP contribution in [0.5, 0.6) is 0 Å². The highest BCUT2D eigenvalue weighted by molar-refractivity contribution is 5.75. The van der Waals surface area contributed by atoms with Crippen LogP contribution in [0.15, 0.2) is 23.5 Å². The van der Waals surface area contributed by atoms with Crippen molar-refractivity contribution >= 4 is 12.0 Å². The van der Waals surface area contributed by atoms with Crippen molar-refractivity contribution in [1.82, 2.24) is 14.5 Å². The SMILES string of the molecule is CCc1cnccc1-c1nc2c(n1C)N=CC(C)(C(F)(F)F)C2. The van der Waals surface area contributed by atoms with Crippen LogP contribution in [0.1, 0.15) is 25.1 Å². The second kappa shape index (κ2) is 5.18. The quantitative estimate of drug-likeness (QED) is 0.842. The molecule has 2 aromatic heterocycles. The molecule has 1 aliphatic rings. The van der Waals surface area contributed by atoms with E-state index < -0.39 is 11.6 Å². The number of hydrogen-bond acceptors (Lipinski definition) is 3. The first kappa shape index (κ1) is 15.7. The molecule has 1 aliphatic heterocycles. The molecule has 0 saturated carbocycles. The Morgan fingerprint density at radius 1 is 1.35 bits per heavy atom. The zero-order valence-corrected chi connectivity index (χ0v) is 13.1. The minimum absolute atomic E-state index is 0.199. The van der Waals surface area contributed by atoms with Gasteiger partial charge < -0.3 is 4.57 Å². The molecule has 0 fully saturated rings. The molecule has 3 rings (SSSR count). The zero-order valence-electron chi connectivity index (χ0n) is 13.1. The number of pyridine rings is 1. The van der Waals surface area contributed by atoms with Crippen LogP contribution in [0.4, 0.5) is 19.0 Å². The molecule has 0 saturated heterocycles. The average molecular weight is 322 g/mol. The van der Waals surface area contributed by atoms with Gasteiger partial charge in [-0.3, -0.25) is 4.98 Å². The number of aliphatic imine (C=N–C) groups is 1. The van der Waals surface area contributed by atoms with E-state index >= 15 is 0 Å². The standard InChI is InChI=1S/C16H17F3N4/c1-4-10-8-20-6-5-11(10)13-22-12-7-15(2,16(17,18)19)9-21-14(12)23(13)3/h5-6,8-9H,4,7H2,1-3H3. The van der Waals surface area contributed by atoms with Crippen molar-refractivity contribution in [2.45, 2.75) is 32.9 Å². The van der Waals surface area contributed by atoms with Gasteiger partial charge in [-0.05, 0) is 25.0 Å². The van der Waals surface area contributed by atoms with Gasteiger partial charge in [-0.15, -0.1) is 0 Å². The fourth-order valence-corrected chi connectivity index (χ4v) is 2.76. The first-order valence-corrected chi connectivity index (χ1v) is 7.37. The molecule has 23 heavy (non-hydrogen) atoms. The van der Waals surface area contributed by atoms with Gasteiger partial charge in [0.15, 0.2) is 5.82 Å². The Bertz CT molecular complexity index is 776. The summed E-state index contributed by atoms with van der Waals surface area (Å²) in [5.41, 5.74) is 0.282. The van der Waals surface area contributed by atoms with Gasteiger partial charge >= 0.3 is 6.18 Å². The van der Waals surface area contributed by atoms with Crippen LogP contribution in [0.2, 0.25) is 0 Å². The number of hydrogen-bond donors (Lipinski definition) is 0. The number of halogens is 3. The number of fused-ring (bicyclic) bond motifs is 1. The summed E-state index contributed by atoms with van der Waals surface area (Å²) >= 11 is 0. The molecule has 122 valence electrons. The third-order valence-electron chi connectivity index (χ3n) is 4.31. The van der Waals surface area contributed by atoms with Gasteiger partial charge in [0, 0.05) is 37.6 Å². The Morgan fingerprint density at radius 2 is 2.09 bits per heavy atom. The van der Waals surface area contributed by atoms with Gasteiger partial charge in [0.2, 0.25) is 0 Å². The molecule has 0 bridgehead atoms. The van der Waals surface area contributed by atoms with Crippen molar-refractivity contribution < 1.29 is 13.2 Å². The molecule has 0 aromatic carbocycles. The lowest BCUT2D eigenvalue weighted by atomic mass is 9.84. The lowest BCUT2D eigenvalue weighted by Crippen LogP contribution is -2.40. The Labute approximate surface area is 132 Å². The maximum absolute atomic E-state index is 13.2. The third-order valence-corrected chi connectivity index (χ3v) is 4.31. The van der Waals surface area contributed by atoms with Crippen LogP contribution in [0.3, 0.4) is 0 Å². The van der Waals surface area contributed by atoms with Crippen LogP contribution in [-0.4, -0.2) is 26.9 Å². The fourth-order valence-electron chi connectivity index (χ4n) is 2.76. The van der Waals surface area contributed by atoms with Gasteiger partial charge in [0.25, 0.3) is 0 Å². The van der Waals surface area contributed by atoms with Crippen LogP contribution in [0.25, 0.3) is 11.4 Å². The number of nitrogens with zero attached hydrogens (tertiary/aromatic N) is 4. The minimum Gasteiger partial charge on any atom is -0.312 e.